The number of carbonyl (C=O) groups is 2. The summed E-state index contributed by atoms with van der Waals surface area (Å²) >= 11 is 0. The van der Waals surface area contributed by atoms with Crippen molar-refractivity contribution in [3.8, 4) is 0 Å². The van der Waals surface area contributed by atoms with Crippen LogP contribution in [0.25, 0.3) is 0 Å². The van der Waals surface area contributed by atoms with Gasteiger partial charge in [0.2, 0.25) is 11.8 Å². The van der Waals surface area contributed by atoms with E-state index in [0.717, 1.165) is 45.2 Å². The van der Waals surface area contributed by atoms with E-state index in [1.54, 1.807) is 0 Å². The molecule has 0 aromatic heterocycles. The summed E-state index contributed by atoms with van der Waals surface area (Å²) in [6.07, 6.45) is 5.16. The fourth-order valence-corrected chi connectivity index (χ4v) is 4.24. The Morgan fingerprint density at radius 1 is 1.08 bits per heavy atom. The molecule has 1 N–H and O–H groups in total. The topological polar surface area (TPSA) is 52.7 Å². The standard InChI is InChI=1S/C21H31N3O2/c1-22-16-19-8-5-13-24(19)21(26)18-11-14-23(15-12-18)20(25)10-9-17-6-3-2-4-7-17/h2-4,6-7,18-19,22H,5,8-16H2,1H3. The highest BCUT2D eigenvalue weighted by Gasteiger charge is 2.34. The third-order valence-electron chi connectivity index (χ3n) is 5.77. The fraction of sp³-hybridized carbons (Fsp3) is 0.619. The van der Waals surface area contributed by atoms with E-state index in [-0.39, 0.29) is 11.8 Å². The molecule has 0 aliphatic carbocycles. The van der Waals surface area contributed by atoms with Crippen LogP contribution in [0.4, 0.5) is 0 Å². The molecule has 142 valence electrons. The van der Waals surface area contributed by atoms with Gasteiger partial charge in [-0.05, 0) is 44.7 Å². The molecule has 5 nitrogen and oxygen atoms in total. The van der Waals surface area contributed by atoms with Gasteiger partial charge in [-0.2, -0.15) is 0 Å². The monoisotopic (exact) mass is 357 g/mol. The molecule has 1 aromatic rings. The number of nitrogens with zero attached hydrogens (tertiary/aromatic N) is 2. The van der Waals surface area contributed by atoms with Crippen molar-refractivity contribution >= 4 is 11.8 Å². The van der Waals surface area contributed by atoms with Crippen molar-refractivity contribution in [2.45, 2.75) is 44.6 Å². The Morgan fingerprint density at radius 2 is 1.81 bits per heavy atom. The van der Waals surface area contributed by atoms with Gasteiger partial charge in [-0.1, -0.05) is 30.3 Å². The number of benzene rings is 1. The maximum atomic E-state index is 12.9. The summed E-state index contributed by atoms with van der Waals surface area (Å²) in [6, 6.07) is 10.5. The van der Waals surface area contributed by atoms with E-state index < -0.39 is 0 Å². The SMILES string of the molecule is CNCC1CCCN1C(=O)C1CCN(C(=O)CCc2ccccc2)CC1. The van der Waals surface area contributed by atoms with Crippen LogP contribution in [-0.4, -0.2) is 60.9 Å². The van der Waals surface area contributed by atoms with E-state index in [4.69, 9.17) is 0 Å². The van der Waals surface area contributed by atoms with Gasteiger partial charge in [0.15, 0.2) is 0 Å². The molecular weight excluding hydrogens is 326 g/mol. The second-order valence-corrected chi connectivity index (χ2v) is 7.53. The lowest BCUT2D eigenvalue weighted by Gasteiger charge is -2.35. The third kappa shape index (κ3) is 4.64. The molecule has 0 bridgehead atoms. The van der Waals surface area contributed by atoms with Crippen molar-refractivity contribution in [1.82, 2.24) is 15.1 Å². The van der Waals surface area contributed by atoms with Crippen LogP contribution in [-0.2, 0) is 16.0 Å². The highest BCUT2D eigenvalue weighted by molar-refractivity contribution is 5.80. The molecule has 0 spiro atoms. The van der Waals surface area contributed by atoms with Crippen molar-refractivity contribution < 1.29 is 9.59 Å². The minimum absolute atomic E-state index is 0.0885. The molecule has 2 aliphatic rings. The van der Waals surface area contributed by atoms with Gasteiger partial charge in [0.1, 0.15) is 0 Å². The Balaban J connectivity index is 1.44. The van der Waals surface area contributed by atoms with Crippen LogP contribution >= 0.6 is 0 Å². The van der Waals surface area contributed by atoms with Crippen molar-refractivity contribution in [2.24, 2.45) is 5.92 Å². The molecule has 1 unspecified atom stereocenters. The first-order chi connectivity index (χ1) is 12.7. The summed E-state index contributed by atoms with van der Waals surface area (Å²) in [7, 11) is 1.94. The van der Waals surface area contributed by atoms with Crippen molar-refractivity contribution in [2.75, 3.05) is 33.2 Å². The van der Waals surface area contributed by atoms with Gasteiger partial charge in [0.05, 0.1) is 0 Å². The minimum Gasteiger partial charge on any atom is -0.343 e. The van der Waals surface area contributed by atoms with E-state index in [1.807, 2.05) is 30.1 Å². The fourth-order valence-electron chi connectivity index (χ4n) is 4.24. The van der Waals surface area contributed by atoms with Gasteiger partial charge in [0, 0.05) is 44.6 Å². The number of carbonyl (C=O) groups excluding carboxylic acids is 2. The predicted octanol–water partition coefficient (Wildman–Crippen LogP) is 2.07. The molecule has 26 heavy (non-hydrogen) atoms. The summed E-state index contributed by atoms with van der Waals surface area (Å²) < 4.78 is 0. The first kappa shape index (κ1) is 18.9. The molecule has 0 saturated carbocycles. The summed E-state index contributed by atoms with van der Waals surface area (Å²) in [5.41, 5.74) is 1.20. The van der Waals surface area contributed by atoms with E-state index in [9.17, 15) is 9.59 Å². The van der Waals surface area contributed by atoms with Crippen LogP contribution in [0.3, 0.4) is 0 Å². The Bertz CT molecular complexity index is 597. The van der Waals surface area contributed by atoms with Crippen LogP contribution in [0.15, 0.2) is 30.3 Å². The molecule has 2 amide bonds. The maximum absolute atomic E-state index is 12.9. The summed E-state index contributed by atoms with van der Waals surface area (Å²) in [5, 5.41) is 3.20. The highest BCUT2D eigenvalue weighted by Crippen LogP contribution is 2.25. The second kappa shape index (κ2) is 9.17. The quantitative estimate of drug-likeness (QED) is 0.848. The average Bonchev–Trinajstić information content (AvgIpc) is 3.15. The second-order valence-electron chi connectivity index (χ2n) is 7.53. The largest absolute Gasteiger partial charge is 0.343 e. The van der Waals surface area contributed by atoms with Gasteiger partial charge in [-0.3, -0.25) is 9.59 Å². The molecule has 0 radical (unpaired) electrons. The van der Waals surface area contributed by atoms with Crippen LogP contribution in [0.1, 0.15) is 37.7 Å². The zero-order valence-corrected chi connectivity index (χ0v) is 15.8. The number of likely N-dealkylation sites (tertiary alicyclic amines) is 2. The van der Waals surface area contributed by atoms with Gasteiger partial charge in [-0.25, -0.2) is 0 Å². The van der Waals surface area contributed by atoms with Crippen LogP contribution in [0.5, 0.6) is 0 Å². The molecule has 2 aliphatic heterocycles. The van der Waals surface area contributed by atoms with Crippen LogP contribution in [0, 0.1) is 5.92 Å². The zero-order valence-electron chi connectivity index (χ0n) is 15.8. The molecule has 2 heterocycles. The molecule has 2 fully saturated rings. The first-order valence-electron chi connectivity index (χ1n) is 9.96. The Labute approximate surface area is 156 Å². The maximum Gasteiger partial charge on any atom is 0.226 e. The number of rotatable bonds is 6. The lowest BCUT2D eigenvalue weighted by atomic mass is 9.94. The van der Waals surface area contributed by atoms with Crippen molar-refractivity contribution in [1.29, 1.82) is 0 Å². The number of hydrogen-bond acceptors (Lipinski definition) is 3. The van der Waals surface area contributed by atoms with Gasteiger partial charge in [-0.15, -0.1) is 0 Å². The molecule has 5 heteroatoms. The molecule has 1 aromatic carbocycles. The smallest absolute Gasteiger partial charge is 0.226 e. The van der Waals surface area contributed by atoms with Crippen LogP contribution < -0.4 is 5.32 Å². The molecule has 2 saturated heterocycles. The molecular formula is C21H31N3O2. The Morgan fingerprint density at radius 3 is 2.50 bits per heavy atom. The summed E-state index contributed by atoms with van der Waals surface area (Å²) in [4.78, 5) is 29.4. The van der Waals surface area contributed by atoms with Gasteiger partial charge >= 0.3 is 0 Å². The van der Waals surface area contributed by atoms with Crippen molar-refractivity contribution in [3.05, 3.63) is 35.9 Å². The van der Waals surface area contributed by atoms with E-state index in [0.29, 0.717) is 31.5 Å². The van der Waals surface area contributed by atoms with E-state index >= 15 is 0 Å². The Kier molecular flexibility index (Phi) is 6.67. The number of hydrogen-bond donors (Lipinski definition) is 1. The first-order valence-corrected chi connectivity index (χ1v) is 9.96. The zero-order chi connectivity index (χ0) is 18.4. The van der Waals surface area contributed by atoms with Crippen LogP contribution in [0.2, 0.25) is 0 Å². The van der Waals surface area contributed by atoms with E-state index in [1.165, 1.54) is 5.56 Å². The number of aryl methyl sites for hydroxylation is 1. The summed E-state index contributed by atoms with van der Waals surface area (Å²) in [5.74, 6) is 0.610. The molecule has 3 rings (SSSR count). The lowest BCUT2D eigenvalue weighted by Crippen LogP contribution is -2.47. The van der Waals surface area contributed by atoms with Gasteiger partial charge in [0.25, 0.3) is 0 Å². The van der Waals surface area contributed by atoms with Gasteiger partial charge < -0.3 is 15.1 Å². The number of piperidine rings is 1. The normalized spacial score (nSPS) is 21.2. The number of amides is 2. The Hall–Kier alpha value is -1.88. The minimum atomic E-state index is 0.0885. The highest BCUT2D eigenvalue weighted by atomic mass is 16.2. The third-order valence-corrected chi connectivity index (χ3v) is 5.77. The van der Waals surface area contributed by atoms with Crippen molar-refractivity contribution in [3.63, 3.8) is 0 Å². The molecule has 1 atom stereocenters. The average molecular weight is 357 g/mol. The predicted molar refractivity (Wildman–Crippen MR) is 103 cm³/mol. The number of likely N-dealkylation sites (N-methyl/N-ethyl adjacent to an activating group) is 1. The summed E-state index contributed by atoms with van der Waals surface area (Å²) in [6.45, 7) is 3.20. The lowest BCUT2D eigenvalue weighted by molar-refractivity contribution is -0.141. The van der Waals surface area contributed by atoms with E-state index in [2.05, 4.69) is 22.3 Å². The number of nitrogens with one attached hydrogen (secondary N) is 1.